The van der Waals surface area contributed by atoms with Crippen LogP contribution in [-0.4, -0.2) is 18.0 Å². The van der Waals surface area contributed by atoms with Gasteiger partial charge in [0, 0.05) is 19.0 Å². The van der Waals surface area contributed by atoms with Gasteiger partial charge in [0.25, 0.3) is 0 Å². The van der Waals surface area contributed by atoms with Crippen LogP contribution in [0.3, 0.4) is 0 Å². The van der Waals surface area contributed by atoms with E-state index < -0.39 is 0 Å². The normalized spacial score (nSPS) is 20.0. The fourth-order valence-corrected chi connectivity index (χ4v) is 3.75. The van der Waals surface area contributed by atoms with Crippen molar-refractivity contribution in [1.82, 2.24) is 4.90 Å². The van der Waals surface area contributed by atoms with Crippen molar-refractivity contribution in [3.05, 3.63) is 95.1 Å². The molecule has 1 aliphatic carbocycles. The molecule has 1 saturated heterocycles. The van der Waals surface area contributed by atoms with Gasteiger partial charge < -0.3 is 4.90 Å². The lowest BCUT2D eigenvalue weighted by molar-refractivity contribution is 0.243. The minimum Gasteiger partial charge on any atom is -0.368 e. The number of piperidine rings is 1. The number of likely N-dealkylation sites (tertiary alicyclic amines) is 1. The number of rotatable bonds is 5. The number of hydrogen-bond donors (Lipinski definition) is 0. The van der Waals surface area contributed by atoms with Gasteiger partial charge in [-0.15, -0.1) is 11.5 Å². The predicted octanol–water partition coefficient (Wildman–Crippen LogP) is 5.60. The van der Waals surface area contributed by atoms with Gasteiger partial charge in [0.05, 0.1) is 5.70 Å². The van der Waals surface area contributed by atoms with Crippen molar-refractivity contribution in [3.8, 4) is 0 Å². The van der Waals surface area contributed by atoms with Crippen molar-refractivity contribution in [3.63, 3.8) is 0 Å². The summed E-state index contributed by atoms with van der Waals surface area (Å²) in [5.41, 5.74) is 11.9. The van der Waals surface area contributed by atoms with E-state index in [2.05, 4.69) is 72.3 Å². The summed E-state index contributed by atoms with van der Waals surface area (Å²) >= 11 is 0. The quantitative estimate of drug-likeness (QED) is 0.636. The molecule has 1 aromatic rings. The molecule has 25 heavy (non-hydrogen) atoms. The molecule has 1 fully saturated rings. The Morgan fingerprint density at radius 2 is 2.00 bits per heavy atom. The molecule has 1 aliphatic heterocycles. The van der Waals surface area contributed by atoms with Crippen LogP contribution in [0.25, 0.3) is 0 Å². The molecule has 128 valence electrons. The number of benzene rings is 1. The Hall–Kier alpha value is -2.46. The smallest absolute Gasteiger partial charge is 0.0592 e. The Morgan fingerprint density at radius 3 is 2.80 bits per heavy atom. The summed E-state index contributed by atoms with van der Waals surface area (Å²) < 4.78 is 0. The molecular weight excluding hydrogens is 302 g/mol. The van der Waals surface area contributed by atoms with Crippen molar-refractivity contribution in [2.75, 3.05) is 13.1 Å². The van der Waals surface area contributed by atoms with Crippen molar-refractivity contribution >= 4 is 0 Å². The zero-order valence-corrected chi connectivity index (χ0v) is 15.2. The van der Waals surface area contributed by atoms with Crippen LogP contribution < -0.4 is 0 Å². The summed E-state index contributed by atoms with van der Waals surface area (Å²) in [5, 5.41) is 0. The molecule has 0 spiro atoms. The van der Waals surface area contributed by atoms with Gasteiger partial charge >= 0.3 is 0 Å². The van der Waals surface area contributed by atoms with Gasteiger partial charge in [0.2, 0.25) is 0 Å². The number of nitrogens with zero attached hydrogens (tertiary/aromatic N) is 1. The molecule has 0 radical (unpaired) electrons. The zero-order chi connectivity index (χ0) is 17.5. The molecule has 1 unspecified atom stereocenters. The molecule has 0 N–H and O–H groups in total. The number of hydrogen-bond acceptors (Lipinski definition) is 1. The van der Waals surface area contributed by atoms with E-state index in [1.807, 2.05) is 12.2 Å². The summed E-state index contributed by atoms with van der Waals surface area (Å²) in [6.07, 6.45) is 13.0. The molecule has 0 aromatic heterocycles. The second-order valence-electron chi connectivity index (χ2n) is 6.87. The lowest BCUT2D eigenvalue weighted by Gasteiger charge is -2.36. The highest BCUT2D eigenvalue weighted by molar-refractivity contribution is 5.38. The lowest BCUT2D eigenvalue weighted by Crippen LogP contribution is -2.34. The highest BCUT2D eigenvalue weighted by Crippen LogP contribution is 2.33. The Morgan fingerprint density at radius 1 is 1.20 bits per heavy atom. The standard InChI is InChI=1S/C24H27N/c1-3-24-23(19-22-14-9-4-6-11-20(22)2)15-10-17-25(24)18-16-21-12-7-5-8-13-21/h5-9,11-14,23H,1,10,15-19H2,2H3. The van der Waals surface area contributed by atoms with Crippen molar-refractivity contribution in [1.29, 1.82) is 0 Å². The Labute approximate surface area is 152 Å². The van der Waals surface area contributed by atoms with Crippen LogP contribution in [-0.2, 0) is 6.42 Å². The third-order valence-electron chi connectivity index (χ3n) is 5.19. The monoisotopic (exact) mass is 329 g/mol. The van der Waals surface area contributed by atoms with Gasteiger partial charge in [-0.25, -0.2) is 0 Å². The molecular formula is C24H27N. The summed E-state index contributed by atoms with van der Waals surface area (Å²) in [7, 11) is 0. The highest BCUT2D eigenvalue weighted by atomic mass is 15.1. The average molecular weight is 329 g/mol. The van der Waals surface area contributed by atoms with E-state index in [1.54, 1.807) is 0 Å². The summed E-state index contributed by atoms with van der Waals surface area (Å²) in [4.78, 5) is 2.50. The minimum absolute atomic E-state index is 0.517. The Bertz CT molecular complexity index is 766. The maximum Gasteiger partial charge on any atom is 0.0592 e. The third kappa shape index (κ3) is 4.54. The zero-order valence-electron chi connectivity index (χ0n) is 15.2. The SMILES string of the molecule is C=C=C1C(CC2=CC=C=CC=C2C)CCCN1CCc1ccccc1. The first kappa shape index (κ1) is 17.4. The summed E-state index contributed by atoms with van der Waals surface area (Å²) in [6, 6.07) is 10.7. The molecule has 1 heterocycles. The molecule has 0 saturated carbocycles. The highest BCUT2D eigenvalue weighted by Gasteiger charge is 2.25. The minimum atomic E-state index is 0.517. The second-order valence-corrected chi connectivity index (χ2v) is 6.87. The van der Waals surface area contributed by atoms with Gasteiger partial charge in [-0.1, -0.05) is 49.1 Å². The van der Waals surface area contributed by atoms with Gasteiger partial charge in [0.1, 0.15) is 0 Å². The molecule has 1 heteroatoms. The molecule has 0 bridgehead atoms. The summed E-state index contributed by atoms with van der Waals surface area (Å²) in [6.45, 7) is 8.37. The van der Waals surface area contributed by atoms with Crippen LogP contribution in [0, 0.1) is 5.92 Å². The van der Waals surface area contributed by atoms with E-state index in [0.717, 1.165) is 25.9 Å². The van der Waals surface area contributed by atoms with E-state index in [1.165, 1.54) is 35.2 Å². The second kappa shape index (κ2) is 8.58. The van der Waals surface area contributed by atoms with E-state index in [-0.39, 0.29) is 0 Å². The fraction of sp³-hybridized carbons (Fsp3) is 0.333. The largest absolute Gasteiger partial charge is 0.368 e. The van der Waals surface area contributed by atoms with Crippen LogP contribution >= 0.6 is 0 Å². The first-order chi connectivity index (χ1) is 12.3. The molecule has 0 amide bonds. The van der Waals surface area contributed by atoms with Crippen LogP contribution in [0.5, 0.6) is 0 Å². The van der Waals surface area contributed by atoms with Crippen LogP contribution in [0.4, 0.5) is 0 Å². The Balaban J connectivity index is 1.68. The first-order valence-corrected chi connectivity index (χ1v) is 9.25. The van der Waals surface area contributed by atoms with Crippen LogP contribution in [0.2, 0.25) is 0 Å². The topological polar surface area (TPSA) is 3.24 Å². The molecule has 1 atom stereocenters. The number of allylic oxidation sites excluding steroid dienone is 6. The van der Waals surface area contributed by atoms with Crippen LogP contribution in [0.15, 0.2) is 89.5 Å². The Kier molecular flexibility index (Phi) is 5.96. The van der Waals surface area contributed by atoms with Gasteiger partial charge in [-0.05, 0) is 61.5 Å². The first-order valence-electron chi connectivity index (χ1n) is 9.25. The maximum atomic E-state index is 4.01. The van der Waals surface area contributed by atoms with Crippen molar-refractivity contribution < 1.29 is 0 Å². The van der Waals surface area contributed by atoms with Gasteiger partial charge in [0.15, 0.2) is 0 Å². The summed E-state index contributed by atoms with van der Waals surface area (Å²) in [5.74, 6) is 0.517. The average Bonchev–Trinajstić information content (AvgIpc) is 2.85. The molecule has 1 aromatic carbocycles. The van der Waals surface area contributed by atoms with Gasteiger partial charge in [-0.2, -0.15) is 0 Å². The van der Waals surface area contributed by atoms with Crippen molar-refractivity contribution in [2.24, 2.45) is 5.92 Å². The van der Waals surface area contributed by atoms with E-state index in [0.29, 0.717) is 5.92 Å². The van der Waals surface area contributed by atoms with E-state index in [4.69, 9.17) is 0 Å². The van der Waals surface area contributed by atoms with E-state index >= 15 is 0 Å². The predicted molar refractivity (Wildman–Crippen MR) is 106 cm³/mol. The lowest BCUT2D eigenvalue weighted by atomic mass is 9.86. The van der Waals surface area contributed by atoms with E-state index in [9.17, 15) is 0 Å². The van der Waals surface area contributed by atoms with Crippen molar-refractivity contribution in [2.45, 2.75) is 32.6 Å². The molecule has 1 nitrogen and oxygen atoms in total. The van der Waals surface area contributed by atoms with Crippen LogP contribution in [0.1, 0.15) is 31.7 Å². The maximum absolute atomic E-state index is 4.01. The molecule has 3 rings (SSSR count). The fourth-order valence-electron chi connectivity index (χ4n) is 3.75. The molecule has 2 aliphatic rings. The third-order valence-corrected chi connectivity index (χ3v) is 5.19. The van der Waals surface area contributed by atoms with Gasteiger partial charge in [-0.3, -0.25) is 0 Å².